The fraction of sp³-hybridized carbons (Fsp3) is 0.667. The van der Waals surface area contributed by atoms with Gasteiger partial charge >= 0.3 is 0 Å². The van der Waals surface area contributed by atoms with Crippen LogP contribution in [-0.4, -0.2) is 52.0 Å². The Hall–Kier alpha value is -2.38. The first kappa shape index (κ1) is 18.4. The summed E-state index contributed by atoms with van der Waals surface area (Å²) in [5, 5.41) is 4.30. The molecule has 0 aromatic carbocycles. The summed E-state index contributed by atoms with van der Waals surface area (Å²) in [6.45, 7) is 6.46. The monoisotopic (exact) mass is 361 g/mol. The Kier molecular flexibility index (Phi) is 5.29. The van der Waals surface area contributed by atoms with Gasteiger partial charge in [0.15, 0.2) is 0 Å². The molecule has 2 aliphatic heterocycles. The summed E-state index contributed by atoms with van der Waals surface area (Å²) < 4.78 is 1.83. The molecule has 1 aromatic rings. The van der Waals surface area contributed by atoms with Gasteiger partial charge in [-0.1, -0.05) is 13.8 Å². The molecule has 3 rings (SSSR count). The van der Waals surface area contributed by atoms with Gasteiger partial charge in [-0.2, -0.15) is 5.10 Å². The van der Waals surface area contributed by atoms with Crippen molar-refractivity contribution in [2.45, 2.75) is 39.7 Å². The zero-order chi connectivity index (χ0) is 18.8. The highest BCUT2D eigenvalue weighted by Gasteiger charge is 2.38. The second-order valence-corrected chi connectivity index (χ2v) is 7.72. The van der Waals surface area contributed by atoms with Crippen molar-refractivity contribution in [3.8, 4) is 0 Å². The van der Waals surface area contributed by atoms with Crippen LogP contribution in [0.4, 0.5) is 5.69 Å². The van der Waals surface area contributed by atoms with Gasteiger partial charge in [-0.3, -0.25) is 19.1 Å². The number of primary amides is 1. The molecule has 142 valence electrons. The lowest BCUT2D eigenvalue weighted by Gasteiger charge is -2.32. The summed E-state index contributed by atoms with van der Waals surface area (Å²) >= 11 is 0. The van der Waals surface area contributed by atoms with Crippen molar-refractivity contribution >= 4 is 23.4 Å². The molecule has 26 heavy (non-hydrogen) atoms. The minimum atomic E-state index is -0.332. The quantitative estimate of drug-likeness (QED) is 0.830. The lowest BCUT2D eigenvalue weighted by Crippen LogP contribution is -2.44. The number of hydrogen-bond acceptors (Lipinski definition) is 4. The normalized spacial score (nSPS) is 21.7. The van der Waals surface area contributed by atoms with Gasteiger partial charge in [-0.15, -0.1) is 0 Å². The minimum Gasteiger partial charge on any atom is -0.369 e. The third kappa shape index (κ3) is 3.89. The van der Waals surface area contributed by atoms with Crippen molar-refractivity contribution in [2.24, 2.45) is 23.5 Å². The van der Waals surface area contributed by atoms with Gasteiger partial charge in [-0.05, 0) is 18.8 Å². The number of piperidine rings is 1. The molecule has 2 fully saturated rings. The van der Waals surface area contributed by atoms with Crippen molar-refractivity contribution in [2.75, 3.05) is 24.5 Å². The van der Waals surface area contributed by atoms with Crippen molar-refractivity contribution in [3.63, 3.8) is 0 Å². The van der Waals surface area contributed by atoms with Crippen molar-refractivity contribution in [1.82, 2.24) is 14.7 Å². The number of hydrogen-bond donors (Lipinski definition) is 1. The zero-order valence-electron chi connectivity index (χ0n) is 15.4. The highest BCUT2D eigenvalue weighted by molar-refractivity contribution is 6.00. The SMILES string of the molecule is CC(C)Cn1cc(N2C[C@H](C(=O)N3CCC(C(N)=O)CC3)CC2=O)cn1. The van der Waals surface area contributed by atoms with Gasteiger partial charge in [0.05, 0.1) is 17.8 Å². The van der Waals surface area contributed by atoms with Crippen LogP contribution in [-0.2, 0) is 20.9 Å². The number of likely N-dealkylation sites (tertiary alicyclic amines) is 1. The lowest BCUT2D eigenvalue weighted by molar-refractivity contribution is -0.138. The van der Waals surface area contributed by atoms with Crippen molar-refractivity contribution < 1.29 is 14.4 Å². The number of nitrogens with zero attached hydrogens (tertiary/aromatic N) is 4. The molecule has 0 unspecified atom stereocenters. The third-order valence-corrected chi connectivity index (χ3v) is 5.17. The Morgan fingerprint density at radius 1 is 1.27 bits per heavy atom. The Morgan fingerprint density at radius 3 is 2.58 bits per heavy atom. The predicted molar refractivity (Wildman–Crippen MR) is 96.0 cm³/mol. The molecule has 2 saturated heterocycles. The lowest BCUT2D eigenvalue weighted by atomic mass is 9.95. The molecule has 3 amide bonds. The molecule has 0 spiro atoms. The van der Waals surface area contributed by atoms with E-state index in [1.165, 1.54) is 0 Å². The maximum absolute atomic E-state index is 12.8. The maximum atomic E-state index is 12.8. The average Bonchev–Trinajstić information content (AvgIpc) is 3.20. The molecule has 0 radical (unpaired) electrons. The number of amides is 3. The van der Waals surface area contributed by atoms with Crippen LogP contribution in [0.2, 0.25) is 0 Å². The molecule has 2 aliphatic rings. The number of nitrogens with two attached hydrogens (primary N) is 1. The molecule has 1 aromatic heterocycles. The van der Waals surface area contributed by atoms with Crippen molar-refractivity contribution in [3.05, 3.63) is 12.4 Å². The van der Waals surface area contributed by atoms with Crippen LogP contribution >= 0.6 is 0 Å². The minimum absolute atomic E-state index is 0.00153. The summed E-state index contributed by atoms with van der Waals surface area (Å²) in [4.78, 5) is 39.8. The molecule has 8 heteroatoms. The van der Waals surface area contributed by atoms with Crippen LogP contribution in [0.3, 0.4) is 0 Å². The van der Waals surface area contributed by atoms with E-state index >= 15 is 0 Å². The predicted octanol–water partition coefficient (Wildman–Crippen LogP) is 0.616. The first-order valence-electron chi connectivity index (χ1n) is 9.26. The van der Waals surface area contributed by atoms with Crippen molar-refractivity contribution in [1.29, 1.82) is 0 Å². The largest absolute Gasteiger partial charge is 0.369 e. The second kappa shape index (κ2) is 7.47. The third-order valence-electron chi connectivity index (χ3n) is 5.17. The van der Waals surface area contributed by atoms with E-state index in [0.29, 0.717) is 38.4 Å². The van der Waals surface area contributed by atoms with E-state index in [1.54, 1.807) is 16.0 Å². The molecule has 8 nitrogen and oxygen atoms in total. The van der Waals surface area contributed by atoms with Gasteiger partial charge in [0.25, 0.3) is 0 Å². The molecule has 2 N–H and O–H groups in total. The second-order valence-electron chi connectivity index (χ2n) is 7.72. The van der Waals surface area contributed by atoms with Gasteiger partial charge < -0.3 is 15.5 Å². The number of aromatic nitrogens is 2. The molecule has 1 atom stereocenters. The van der Waals surface area contributed by atoms with Gasteiger partial charge in [0.1, 0.15) is 0 Å². The zero-order valence-corrected chi connectivity index (χ0v) is 15.4. The maximum Gasteiger partial charge on any atom is 0.228 e. The molecule has 0 saturated carbocycles. The van der Waals surface area contributed by atoms with Crippen LogP contribution in [0.15, 0.2) is 12.4 Å². The van der Waals surface area contributed by atoms with E-state index in [1.807, 2.05) is 10.9 Å². The number of carbonyl (C=O) groups is 3. The van der Waals surface area contributed by atoms with E-state index < -0.39 is 0 Å². The summed E-state index contributed by atoms with van der Waals surface area (Å²) in [5.41, 5.74) is 6.09. The van der Waals surface area contributed by atoms with Crippen LogP contribution in [0.1, 0.15) is 33.1 Å². The van der Waals surface area contributed by atoms with E-state index in [2.05, 4.69) is 18.9 Å². The smallest absolute Gasteiger partial charge is 0.228 e. The molecular formula is C18H27N5O3. The highest BCUT2D eigenvalue weighted by Crippen LogP contribution is 2.27. The topological polar surface area (TPSA) is 102 Å². The average molecular weight is 361 g/mol. The summed E-state index contributed by atoms with van der Waals surface area (Å²) in [7, 11) is 0. The highest BCUT2D eigenvalue weighted by atomic mass is 16.2. The summed E-state index contributed by atoms with van der Waals surface area (Å²) in [5.74, 6) is -0.348. The fourth-order valence-corrected chi connectivity index (χ4v) is 3.73. The first-order chi connectivity index (χ1) is 12.3. The van der Waals surface area contributed by atoms with E-state index in [9.17, 15) is 14.4 Å². The summed E-state index contributed by atoms with van der Waals surface area (Å²) in [6, 6.07) is 0. The Balaban J connectivity index is 1.60. The molecule has 0 aliphatic carbocycles. The summed E-state index contributed by atoms with van der Waals surface area (Å²) in [6.07, 6.45) is 4.99. The Bertz CT molecular complexity index is 691. The Labute approximate surface area is 153 Å². The standard InChI is InChI=1S/C18H27N5O3/c1-12(2)9-22-11-15(8-20-22)23-10-14(7-16(23)24)18(26)21-5-3-13(4-6-21)17(19)25/h8,11-14H,3-7,9-10H2,1-2H3,(H2,19,25)/t14-/m1/s1. The van der Waals surface area contributed by atoms with E-state index in [4.69, 9.17) is 5.73 Å². The molecule has 3 heterocycles. The number of rotatable bonds is 5. The van der Waals surface area contributed by atoms with E-state index in [0.717, 1.165) is 12.2 Å². The van der Waals surface area contributed by atoms with Gasteiger partial charge in [0, 0.05) is 44.7 Å². The molecule has 0 bridgehead atoms. The number of carbonyl (C=O) groups excluding carboxylic acids is 3. The van der Waals surface area contributed by atoms with Crippen LogP contribution < -0.4 is 10.6 Å². The Morgan fingerprint density at radius 2 is 1.96 bits per heavy atom. The molecular weight excluding hydrogens is 334 g/mol. The fourth-order valence-electron chi connectivity index (χ4n) is 3.73. The van der Waals surface area contributed by atoms with Crippen LogP contribution in [0.5, 0.6) is 0 Å². The van der Waals surface area contributed by atoms with Crippen LogP contribution in [0, 0.1) is 17.8 Å². The van der Waals surface area contributed by atoms with Gasteiger partial charge in [-0.25, -0.2) is 0 Å². The number of anilines is 1. The van der Waals surface area contributed by atoms with E-state index in [-0.39, 0.29) is 36.0 Å². The van der Waals surface area contributed by atoms with Gasteiger partial charge in [0.2, 0.25) is 17.7 Å². The van der Waals surface area contributed by atoms with Crippen LogP contribution in [0.25, 0.3) is 0 Å². The first-order valence-corrected chi connectivity index (χ1v) is 9.26.